The number of aromatic amines is 1. The van der Waals surface area contributed by atoms with Gasteiger partial charge in [-0.1, -0.05) is 35.9 Å². The van der Waals surface area contributed by atoms with Crippen molar-refractivity contribution in [1.82, 2.24) is 10.3 Å². The molecule has 0 spiro atoms. The van der Waals surface area contributed by atoms with Crippen LogP contribution in [0.5, 0.6) is 5.75 Å². The summed E-state index contributed by atoms with van der Waals surface area (Å²) in [5, 5.41) is 6.74. The smallest absolute Gasteiger partial charge is 0.407 e. The molecule has 0 atom stereocenters. The standard InChI is InChI=1S/C24H23ClN2O4S/c1-24(2,3)31-23(29)26-12-13-5-7-14(8-6-13)18-17(30-4)11-16(25)20-19(18)15-9-10-32-21(15)22(28)27-20/h5-11H,12H2,1-4H3,(H,26,29)(H,27,28). The molecule has 166 valence electrons. The summed E-state index contributed by atoms with van der Waals surface area (Å²) >= 11 is 7.87. The molecule has 0 saturated carbocycles. The second kappa shape index (κ2) is 8.48. The molecule has 0 radical (unpaired) electrons. The number of nitrogens with one attached hydrogen (secondary N) is 2. The Kier molecular flexibility index (Phi) is 5.88. The SMILES string of the molecule is COc1cc(Cl)c2[nH]c(=O)c3sccc3c2c1-c1ccc(CNC(=O)OC(C)(C)C)cc1. The number of methoxy groups -OCH3 is 1. The van der Waals surface area contributed by atoms with Crippen molar-refractivity contribution in [2.24, 2.45) is 0 Å². The van der Waals surface area contributed by atoms with Crippen molar-refractivity contribution in [2.75, 3.05) is 7.11 Å². The molecule has 2 aromatic carbocycles. The Morgan fingerprint density at radius 1 is 1.19 bits per heavy atom. The molecule has 1 amide bonds. The molecular weight excluding hydrogens is 448 g/mol. The van der Waals surface area contributed by atoms with E-state index in [-0.39, 0.29) is 5.56 Å². The predicted octanol–water partition coefficient (Wildman–Crippen LogP) is 6.10. The minimum atomic E-state index is -0.548. The molecule has 0 aliphatic carbocycles. The first-order valence-corrected chi connectivity index (χ1v) is 11.3. The molecule has 2 aromatic heterocycles. The first-order valence-electron chi connectivity index (χ1n) is 10.0. The van der Waals surface area contributed by atoms with Crippen LogP contribution in [0, 0.1) is 0 Å². The minimum absolute atomic E-state index is 0.163. The number of ether oxygens (including phenoxy) is 2. The van der Waals surface area contributed by atoms with Gasteiger partial charge in [0, 0.05) is 28.9 Å². The van der Waals surface area contributed by atoms with Crippen LogP contribution in [0.1, 0.15) is 26.3 Å². The number of amides is 1. The van der Waals surface area contributed by atoms with E-state index in [4.69, 9.17) is 21.1 Å². The van der Waals surface area contributed by atoms with Gasteiger partial charge in [0.1, 0.15) is 16.1 Å². The van der Waals surface area contributed by atoms with E-state index >= 15 is 0 Å². The molecule has 32 heavy (non-hydrogen) atoms. The first-order chi connectivity index (χ1) is 15.2. The molecule has 0 unspecified atom stereocenters. The van der Waals surface area contributed by atoms with Gasteiger partial charge in [0.25, 0.3) is 5.56 Å². The van der Waals surface area contributed by atoms with Crippen LogP contribution < -0.4 is 15.6 Å². The lowest BCUT2D eigenvalue weighted by molar-refractivity contribution is 0.0523. The Balaban J connectivity index is 1.75. The van der Waals surface area contributed by atoms with Crippen molar-refractivity contribution in [1.29, 1.82) is 0 Å². The van der Waals surface area contributed by atoms with Gasteiger partial charge in [-0.15, -0.1) is 11.3 Å². The molecule has 0 aliphatic heterocycles. The number of hydrogen-bond acceptors (Lipinski definition) is 5. The van der Waals surface area contributed by atoms with Crippen LogP contribution in [0.25, 0.3) is 32.1 Å². The van der Waals surface area contributed by atoms with Crippen LogP contribution >= 0.6 is 22.9 Å². The number of aromatic nitrogens is 1. The fourth-order valence-electron chi connectivity index (χ4n) is 3.60. The van der Waals surface area contributed by atoms with Gasteiger partial charge in [-0.2, -0.15) is 0 Å². The maximum Gasteiger partial charge on any atom is 0.407 e. The van der Waals surface area contributed by atoms with E-state index in [0.29, 0.717) is 27.5 Å². The number of H-pyrrole nitrogens is 1. The van der Waals surface area contributed by atoms with Crippen molar-refractivity contribution in [3.05, 3.63) is 62.7 Å². The number of benzene rings is 2. The third kappa shape index (κ3) is 4.31. The van der Waals surface area contributed by atoms with Gasteiger partial charge in [-0.3, -0.25) is 4.79 Å². The number of fused-ring (bicyclic) bond motifs is 3. The van der Waals surface area contributed by atoms with Gasteiger partial charge in [0.05, 0.1) is 17.6 Å². The average molecular weight is 471 g/mol. The summed E-state index contributed by atoms with van der Waals surface area (Å²) in [6.07, 6.45) is -0.462. The first kappa shape index (κ1) is 22.2. The maximum absolute atomic E-state index is 12.5. The lowest BCUT2D eigenvalue weighted by Gasteiger charge is -2.19. The van der Waals surface area contributed by atoms with Crippen LogP contribution in [-0.4, -0.2) is 23.8 Å². The van der Waals surface area contributed by atoms with Crippen LogP contribution in [0.2, 0.25) is 5.02 Å². The Hall–Kier alpha value is -3.03. The van der Waals surface area contributed by atoms with E-state index in [2.05, 4.69) is 10.3 Å². The highest BCUT2D eigenvalue weighted by Gasteiger charge is 2.19. The van der Waals surface area contributed by atoms with Crippen LogP contribution in [0.4, 0.5) is 4.79 Å². The van der Waals surface area contributed by atoms with Gasteiger partial charge < -0.3 is 19.8 Å². The second-order valence-electron chi connectivity index (χ2n) is 8.36. The molecule has 8 heteroatoms. The summed E-state index contributed by atoms with van der Waals surface area (Å²) in [7, 11) is 1.59. The van der Waals surface area contributed by atoms with Crippen molar-refractivity contribution < 1.29 is 14.3 Å². The summed E-state index contributed by atoms with van der Waals surface area (Å²) in [4.78, 5) is 27.3. The van der Waals surface area contributed by atoms with Crippen molar-refractivity contribution in [3.8, 4) is 16.9 Å². The zero-order chi connectivity index (χ0) is 23.0. The van der Waals surface area contributed by atoms with E-state index in [1.807, 2.05) is 56.5 Å². The molecule has 0 aliphatic rings. The normalized spacial score (nSPS) is 11.7. The third-order valence-electron chi connectivity index (χ3n) is 4.92. The van der Waals surface area contributed by atoms with E-state index in [1.165, 1.54) is 11.3 Å². The number of hydrogen-bond donors (Lipinski definition) is 2. The number of carbonyl (C=O) groups is 1. The fourth-order valence-corrected chi connectivity index (χ4v) is 4.63. The Morgan fingerprint density at radius 2 is 1.91 bits per heavy atom. The summed E-state index contributed by atoms with van der Waals surface area (Å²) in [5.41, 5.74) is 2.54. The van der Waals surface area contributed by atoms with Gasteiger partial charge >= 0.3 is 6.09 Å². The van der Waals surface area contributed by atoms with Crippen LogP contribution in [-0.2, 0) is 11.3 Å². The highest BCUT2D eigenvalue weighted by molar-refractivity contribution is 7.17. The molecule has 0 bridgehead atoms. The van der Waals surface area contributed by atoms with Crippen LogP contribution in [0.3, 0.4) is 0 Å². The average Bonchev–Trinajstić information content (AvgIpc) is 3.23. The number of halogens is 1. The lowest BCUT2D eigenvalue weighted by atomic mass is 9.96. The monoisotopic (exact) mass is 470 g/mol. The number of rotatable bonds is 4. The predicted molar refractivity (Wildman–Crippen MR) is 130 cm³/mol. The van der Waals surface area contributed by atoms with Gasteiger partial charge in [0.2, 0.25) is 0 Å². The zero-order valence-electron chi connectivity index (χ0n) is 18.2. The Labute approximate surface area is 194 Å². The molecule has 4 rings (SSSR count). The van der Waals surface area contributed by atoms with Crippen molar-refractivity contribution >= 4 is 50.0 Å². The summed E-state index contributed by atoms with van der Waals surface area (Å²) in [5.74, 6) is 0.613. The van der Waals surface area contributed by atoms with Gasteiger partial charge in [0.15, 0.2) is 0 Å². The van der Waals surface area contributed by atoms with Crippen molar-refractivity contribution in [3.63, 3.8) is 0 Å². The highest BCUT2D eigenvalue weighted by atomic mass is 35.5. The van der Waals surface area contributed by atoms with Crippen LogP contribution in [0.15, 0.2) is 46.6 Å². The topological polar surface area (TPSA) is 80.4 Å². The number of thiophene rings is 1. The van der Waals surface area contributed by atoms with Gasteiger partial charge in [-0.25, -0.2) is 4.79 Å². The second-order valence-corrected chi connectivity index (χ2v) is 9.68. The lowest BCUT2D eigenvalue weighted by Crippen LogP contribution is -2.32. The van der Waals surface area contributed by atoms with Crippen molar-refractivity contribution in [2.45, 2.75) is 32.9 Å². The van der Waals surface area contributed by atoms with E-state index in [9.17, 15) is 9.59 Å². The molecule has 4 aromatic rings. The summed E-state index contributed by atoms with van der Waals surface area (Å²) in [6.45, 7) is 5.81. The minimum Gasteiger partial charge on any atom is -0.496 e. The third-order valence-corrected chi connectivity index (χ3v) is 6.13. The van der Waals surface area contributed by atoms with Gasteiger partial charge in [-0.05, 0) is 43.3 Å². The Morgan fingerprint density at radius 3 is 2.56 bits per heavy atom. The van der Waals surface area contributed by atoms with E-state index < -0.39 is 11.7 Å². The van der Waals surface area contributed by atoms with E-state index in [0.717, 1.165) is 27.5 Å². The Bertz CT molecular complexity index is 1370. The molecule has 2 heterocycles. The molecule has 0 fully saturated rings. The highest BCUT2D eigenvalue weighted by Crippen LogP contribution is 2.43. The fraction of sp³-hybridized carbons (Fsp3) is 0.250. The number of pyridine rings is 1. The summed E-state index contributed by atoms with van der Waals surface area (Å²) in [6, 6.07) is 11.4. The molecule has 6 nitrogen and oxygen atoms in total. The quantitative estimate of drug-likeness (QED) is 0.378. The molecule has 0 saturated heterocycles. The maximum atomic E-state index is 12.5. The number of alkyl carbamates (subject to hydrolysis) is 1. The molecular formula is C24H23ClN2O4S. The molecule has 2 N–H and O–H groups in total. The number of carbonyl (C=O) groups excluding carboxylic acids is 1. The zero-order valence-corrected chi connectivity index (χ0v) is 19.7. The summed E-state index contributed by atoms with van der Waals surface area (Å²) < 4.78 is 11.6. The largest absolute Gasteiger partial charge is 0.496 e. The van der Waals surface area contributed by atoms with E-state index in [1.54, 1.807) is 13.2 Å².